The first-order chi connectivity index (χ1) is 14.3. The van der Waals surface area contributed by atoms with Gasteiger partial charge in [0, 0.05) is 24.2 Å². The highest BCUT2D eigenvalue weighted by Gasteiger charge is 2.22. The van der Waals surface area contributed by atoms with Crippen LogP contribution in [0.3, 0.4) is 0 Å². The summed E-state index contributed by atoms with van der Waals surface area (Å²) < 4.78 is 5.77. The number of aliphatic hydroxyl groups excluding tert-OH is 1. The van der Waals surface area contributed by atoms with Crippen LogP contribution in [0.25, 0.3) is 10.9 Å². The first kappa shape index (κ1) is 22.1. The van der Waals surface area contributed by atoms with Crippen molar-refractivity contribution in [2.24, 2.45) is 0 Å². The lowest BCUT2D eigenvalue weighted by Gasteiger charge is -2.31. The molecule has 0 amide bonds. The van der Waals surface area contributed by atoms with E-state index in [-0.39, 0.29) is 25.6 Å². The second kappa shape index (κ2) is 10.5. The SMILES string of the molecule is CN(c1nc(Nc2ccccc2)c2cccc(OCCO)c2n1)C1CCCCC1.Cl. The number of aliphatic hydroxyl groups is 1. The minimum absolute atomic E-state index is 0. The Bertz CT molecular complexity index is 949. The fourth-order valence-corrected chi connectivity index (χ4v) is 3.93. The van der Waals surface area contributed by atoms with Crippen LogP contribution >= 0.6 is 12.4 Å². The Hall–Kier alpha value is -2.57. The summed E-state index contributed by atoms with van der Waals surface area (Å²) in [4.78, 5) is 12.0. The molecule has 30 heavy (non-hydrogen) atoms. The van der Waals surface area contributed by atoms with E-state index in [0.717, 1.165) is 22.4 Å². The van der Waals surface area contributed by atoms with Crippen molar-refractivity contribution < 1.29 is 9.84 Å². The third-order valence-electron chi connectivity index (χ3n) is 5.50. The monoisotopic (exact) mass is 428 g/mol. The number of halogens is 1. The van der Waals surface area contributed by atoms with Gasteiger partial charge in [0.15, 0.2) is 0 Å². The minimum Gasteiger partial charge on any atom is -0.489 e. The minimum atomic E-state index is -0.0363. The number of nitrogens with one attached hydrogen (secondary N) is 1. The van der Waals surface area contributed by atoms with Crippen molar-refractivity contribution >= 4 is 40.8 Å². The molecule has 1 aliphatic carbocycles. The van der Waals surface area contributed by atoms with E-state index in [1.165, 1.54) is 32.1 Å². The average molecular weight is 429 g/mol. The summed E-state index contributed by atoms with van der Waals surface area (Å²) in [6.07, 6.45) is 6.15. The van der Waals surface area contributed by atoms with E-state index in [1.54, 1.807) is 0 Å². The molecule has 1 saturated carbocycles. The lowest BCUT2D eigenvalue weighted by molar-refractivity contribution is 0.202. The van der Waals surface area contributed by atoms with Gasteiger partial charge in [-0.3, -0.25) is 0 Å². The maximum Gasteiger partial charge on any atom is 0.228 e. The van der Waals surface area contributed by atoms with E-state index in [0.29, 0.717) is 17.7 Å². The van der Waals surface area contributed by atoms with Crippen molar-refractivity contribution in [2.75, 3.05) is 30.5 Å². The van der Waals surface area contributed by atoms with Gasteiger partial charge < -0.3 is 20.1 Å². The normalized spacial score (nSPS) is 14.2. The van der Waals surface area contributed by atoms with Crippen LogP contribution in [-0.2, 0) is 0 Å². The molecular formula is C23H29ClN4O2. The number of aromatic nitrogens is 2. The molecule has 1 heterocycles. The molecular weight excluding hydrogens is 400 g/mol. The highest BCUT2D eigenvalue weighted by Crippen LogP contribution is 2.33. The maximum atomic E-state index is 9.18. The van der Waals surface area contributed by atoms with E-state index in [4.69, 9.17) is 14.7 Å². The maximum absolute atomic E-state index is 9.18. The molecule has 0 atom stereocenters. The van der Waals surface area contributed by atoms with Gasteiger partial charge >= 0.3 is 0 Å². The quantitative estimate of drug-likeness (QED) is 0.555. The largest absolute Gasteiger partial charge is 0.489 e. The summed E-state index contributed by atoms with van der Waals surface area (Å²) in [6.45, 7) is 0.198. The van der Waals surface area contributed by atoms with Gasteiger partial charge in [-0.1, -0.05) is 43.5 Å². The number of hydrogen-bond acceptors (Lipinski definition) is 6. The summed E-state index contributed by atoms with van der Waals surface area (Å²) in [7, 11) is 2.08. The smallest absolute Gasteiger partial charge is 0.228 e. The van der Waals surface area contributed by atoms with Crippen molar-refractivity contribution in [3.8, 4) is 5.75 Å². The van der Waals surface area contributed by atoms with E-state index in [2.05, 4.69) is 17.3 Å². The van der Waals surface area contributed by atoms with Crippen molar-refractivity contribution in [3.63, 3.8) is 0 Å². The Morgan fingerprint density at radius 3 is 2.53 bits per heavy atom. The van der Waals surface area contributed by atoms with Crippen LogP contribution in [0.5, 0.6) is 5.75 Å². The Morgan fingerprint density at radius 2 is 1.80 bits per heavy atom. The fourth-order valence-electron chi connectivity index (χ4n) is 3.93. The predicted molar refractivity (Wildman–Crippen MR) is 124 cm³/mol. The van der Waals surface area contributed by atoms with Gasteiger partial charge in [0.05, 0.1) is 6.61 Å². The number of anilines is 3. The number of para-hydroxylation sites is 2. The van der Waals surface area contributed by atoms with Crippen LogP contribution in [-0.4, -0.2) is 41.4 Å². The van der Waals surface area contributed by atoms with E-state index >= 15 is 0 Å². The number of ether oxygens (including phenoxy) is 1. The van der Waals surface area contributed by atoms with Crippen LogP contribution in [0.4, 0.5) is 17.5 Å². The van der Waals surface area contributed by atoms with Crippen LogP contribution < -0.4 is 15.0 Å². The van der Waals surface area contributed by atoms with E-state index in [9.17, 15) is 5.11 Å². The fraction of sp³-hybridized carbons (Fsp3) is 0.391. The first-order valence-corrected chi connectivity index (χ1v) is 10.4. The van der Waals surface area contributed by atoms with Gasteiger partial charge in [-0.15, -0.1) is 12.4 Å². The molecule has 0 bridgehead atoms. The van der Waals surface area contributed by atoms with Gasteiger partial charge in [0.25, 0.3) is 0 Å². The topological polar surface area (TPSA) is 70.5 Å². The Labute approximate surface area is 183 Å². The zero-order valence-electron chi connectivity index (χ0n) is 17.3. The zero-order chi connectivity index (χ0) is 20.1. The Kier molecular flexibility index (Phi) is 7.71. The molecule has 2 N–H and O–H groups in total. The van der Waals surface area contributed by atoms with E-state index < -0.39 is 0 Å². The third-order valence-corrected chi connectivity index (χ3v) is 5.50. The molecule has 1 fully saturated rings. The van der Waals surface area contributed by atoms with Gasteiger partial charge in [-0.2, -0.15) is 4.98 Å². The molecule has 0 spiro atoms. The molecule has 1 aliphatic rings. The van der Waals surface area contributed by atoms with Crippen molar-refractivity contribution in [3.05, 3.63) is 48.5 Å². The number of hydrogen-bond donors (Lipinski definition) is 2. The van der Waals surface area contributed by atoms with Crippen LogP contribution in [0.2, 0.25) is 0 Å². The second-order valence-electron chi connectivity index (χ2n) is 7.49. The van der Waals surface area contributed by atoms with Gasteiger partial charge in [-0.05, 0) is 37.1 Å². The molecule has 4 rings (SSSR count). The number of rotatable bonds is 7. The standard InChI is InChI=1S/C23H28N4O2.ClH/c1-27(18-11-6-3-7-12-18)23-25-21-19(13-8-14-20(21)29-16-15-28)22(26-23)24-17-9-4-2-5-10-17;/h2,4-5,8-10,13-14,18,28H,3,6-7,11-12,15-16H2,1H3,(H,24,25,26);1H. The van der Waals surface area contributed by atoms with Gasteiger partial charge in [0.1, 0.15) is 23.7 Å². The second-order valence-corrected chi connectivity index (χ2v) is 7.49. The Balaban J connectivity index is 0.00000256. The molecule has 3 aromatic rings. The van der Waals surface area contributed by atoms with Crippen molar-refractivity contribution in [1.82, 2.24) is 9.97 Å². The lowest BCUT2D eigenvalue weighted by Crippen LogP contribution is -2.34. The first-order valence-electron chi connectivity index (χ1n) is 10.4. The molecule has 0 aliphatic heterocycles. The summed E-state index contributed by atoms with van der Waals surface area (Å²) in [5.74, 6) is 2.12. The summed E-state index contributed by atoms with van der Waals surface area (Å²) in [5.41, 5.74) is 1.73. The summed E-state index contributed by atoms with van der Waals surface area (Å²) >= 11 is 0. The van der Waals surface area contributed by atoms with Gasteiger partial charge in [-0.25, -0.2) is 4.98 Å². The molecule has 1 aromatic heterocycles. The number of fused-ring (bicyclic) bond motifs is 1. The number of benzene rings is 2. The molecule has 160 valence electrons. The molecule has 7 heteroatoms. The molecule has 2 aromatic carbocycles. The number of nitrogens with zero attached hydrogens (tertiary/aromatic N) is 3. The molecule has 6 nitrogen and oxygen atoms in total. The van der Waals surface area contributed by atoms with E-state index in [1.807, 2.05) is 48.5 Å². The van der Waals surface area contributed by atoms with Gasteiger partial charge in [0.2, 0.25) is 5.95 Å². The highest BCUT2D eigenvalue weighted by atomic mass is 35.5. The highest BCUT2D eigenvalue weighted by molar-refractivity contribution is 5.95. The molecule has 0 radical (unpaired) electrons. The van der Waals surface area contributed by atoms with Crippen molar-refractivity contribution in [1.29, 1.82) is 0 Å². The zero-order valence-corrected chi connectivity index (χ0v) is 18.1. The predicted octanol–water partition coefficient (Wildman–Crippen LogP) is 4.94. The average Bonchev–Trinajstić information content (AvgIpc) is 2.78. The van der Waals surface area contributed by atoms with Crippen LogP contribution in [0.15, 0.2) is 48.5 Å². The molecule has 0 saturated heterocycles. The van der Waals surface area contributed by atoms with Crippen LogP contribution in [0.1, 0.15) is 32.1 Å². The summed E-state index contributed by atoms with van der Waals surface area (Å²) in [5, 5.41) is 13.5. The van der Waals surface area contributed by atoms with Crippen LogP contribution in [0, 0.1) is 0 Å². The lowest BCUT2D eigenvalue weighted by atomic mass is 9.95. The summed E-state index contributed by atoms with van der Waals surface area (Å²) in [6, 6.07) is 16.3. The van der Waals surface area contributed by atoms with Crippen molar-refractivity contribution in [2.45, 2.75) is 38.1 Å². The molecule has 0 unspecified atom stereocenters. The Morgan fingerprint density at radius 1 is 1.03 bits per heavy atom. The third kappa shape index (κ3) is 4.94.